The molecule has 3 heterocycles. The second kappa shape index (κ2) is 9.34. The van der Waals surface area contributed by atoms with E-state index in [4.69, 9.17) is 9.47 Å². The summed E-state index contributed by atoms with van der Waals surface area (Å²) in [5.74, 6) is 0.0300. The maximum absolute atomic E-state index is 13.4. The summed E-state index contributed by atoms with van der Waals surface area (Å²) in [6.07, 6.45) is 0.304. The van der Waals surface area contributed by atoms with E-state index in [-0.39, 0.29) is 24.4 Å². The highest BCUT2D eigenvalue weighted by Crippen LogP contribution is 2.43. The van der Waals surface area contributed by atoms with Crippen LogP contribution in [0.4, 0.5) is 4.79 Å². The molecule has 3 N–H and O–H groups in total. The number of H-pyrrole nitrogens is 1. The normalized spacial score (nSPS) is 20.8. The summed E-state index contributed by atoms with van der Waals surface area (Å²) in [7, 11) is 0. The van der Waals surface area contributed by atoms with Crippen LogP contribution in [0.5, 0.6) is 6.01 Å². The zero-order valence-corrected chi connectivity index (χ0v) is 20.0. The second-order valence-electron chi connectivity index (χ2n) is 9.37. The van der Waals surface area contributed by atoms with Gasteiger partial charge in [-0.15, -0.1) is 0 Å². The average molecular weight is 499 g/mol. The molecule has 0 aliphatic carbocycles. The van der Waals surface area contributed by atoms with Gasteiger partial charge >= 0.3 is 12.1 Å². The third-order valence-corrected chi connectivity index (χ3v) is 6.96. The lowest BCUT2D eigenvalue weighted by Gasteiger charge is -2.35. The summed E-state index contributed by atoms with van der Waals surface area (Å²) in [5, 5.41) is 14.9. The second-order valence-corrected chi connectivity index (χ2v) is 9.37. The monoisotopic (exact) mass is 498 g/mol. The first-order valence-corrected chi connectivity index (χ1v) is 12.2. The van der Waals surface area contributed by atoms with E-state index in [0.717, 1.165) is 12.0 Å². The Balaban J connectivity index is 1.30. The fourth-order valence-corrected chi connectivity index (χ4v) is 5.02. The summed E-state index contributed by atoms with van der Waals surface area (Å²) in [4.78, 5) is 34.5. The van der Waals surface area contributed by atoms with Gasteiger partial charge in [-0.25, -0.2) is 4.79 Å². The van der Waals surface area contributed by atoms with Crippen LogP contribution in [0.3, 0.4) is 0 Å². The quantitative estimate of drug-likeness (QED) is 0.375. The Bertz CT molecular complexity index is 1460. The average Bonchev–Trinajstić information content (AvgIpc) is 3.63. The van der Waals surface area contributed by atoms with Gasteiger partial charge in [0.1, 0.15) is 0 Å². The van der Waals surface area contributed by atoms with Crippen LogP contribution < -0.4 is 10.1 Å². The number of fused-ring (bicyclic) bond motifs is 2. The fraction of sp³-hybridized carbons (Fsp3) is 0.250. The third kappa shape index (κ3) is 4.22. The Hall–Kier alpha value is -4.21. The molecule has 0 bridgehead atoms. The lowest BCUT2D eigenvalue weighted by atomic mass is 9.93. The lowest BCUT2D eigenvalue weighted by molar-refractivity contribution is -0.0542. The molecule has 2 atom stereocenters. The number of nitrogens with zero attached hydrogens (tertiary/aromatic N) is 2. The van der Waals surface area contributed by atoms with E-state index < -0.39 is 11.8 Å². The number of aromatic amines is 1. The van der Waals surface area contributed by atoms with E-state index in [2.05, 4.69) is 15.3 Å². The van der Waals surface area contributed by atoms with Crippen molar-refractivity contribution in [3.8, 4) is 6.01 Å². The van der Waals surface area contributed by atoms with Crippen molar-refractivity contribution in [1.82, 2.24) is 20.2 Å². The van der Waals surface area contributed by atoms with Gasteiger partial charge in [-0.05, 0) is 30.2 Å². The van der Waals surface area contributed by atoms with Gasteiger partial charge in [-0.1, -0.05) is 54.6 Å². The Labute approximate surface area is 213 Å². The predicted molar refractivity (Wildman–Crippen MR) is 135 cm³/mol. The summed E-state index contributed by atoms with van der Waals surface area (Å²) in [6.45, 7) is 2.04. The largest absolute Gasteiger partial charge is 0.415 e. The SMILES string of the molecule is O=C(NCC1CCOC1)Oc1nc2ccc(C3(O)c4ccccc4C(=O)N3Cc3ccccc3)cc2[nH]1. The molecule has 1 fully saturated rings. The number of aromatic nitrogens is 2. The number of imidazole rings is 1. The first-order chi connectivity index (χ1) is 18.0. The summed E-state index contributed by atoms with van der Waals surface area (Å²) in [6, 6.07) is 21.9. The van der Waals surface area contributed by atoms with Gasteiger partial charge in [0.05, 0.1) is 17.6 Å². The van der Waals surface area contributed by atoms with Crippen molar-refractivity contribution in [2.45, 2.75) is 18.7 Å². The van der Waals surface area contributed by atoms with Crippen LogP contribution in [0.2, 0.25) is 0 Å². The van der Waals surface area contributed by atoms with Crippen LogP contribution in [-0.2, 0) is 17.0 Å². The minimum Gasteiger partial charge on any atom is -0.381 e. The molecule has 1 saturated heterocycles. The zero-order chi connectivity index (χ0) is 25.4. The minimum absolute atomic E-state index is 0.0448. The van der Waals surface area contributed by atoms with Crippen LogP contribution in [-0.4, -0.2) is 51.7 Å². The van der Waals surface area contributed by atoms with Crippen molar-refractivity contribution in [2.24, 2.45) is 5.92 Å². The van der Waals surface area contributed by atoms with Crippen molar-refractivity contribution in [1.29, 1.82) is 0 Å². The predicted octanol–water partition coefficient (Wildman–Crippen LogP) is 3.54. The smallest absolute Gasteiger partial charge is 0.381 e. The highest BCUT2D eigenvalue weighted by Gasteiger charge is 2.49. The van der Waals surface area contributed by atoms with Crippen molar-refractivity contribution < 1.29 is 24.2 Å². The molecular weight excluding hydrogens is 472 g/mol. The van der Waals surface area contributed by atoms with Crippen LogP contribution in [0.1, 0.15) is 33.5 Å². The molecule has 37 heavy (non-hydrogen) atoms. The van der Waals surface area contributed by atoms with Gasteiger partial charge in [0.25, 0.3) is 5.91 Å². The highest BCUT2D eigenvalue weighted by atomic mass is 16.6. The molecule has 1 aromatic heterocycles. The molecule has 0 radical (unpaired) electrons. The zero-order valence-electron chi connectivity index (χ0n) is 20.0. The molecule has 188 valence electrons. The van der Waals surface area contributed by atoms with E-state index >= 15 is 0 Å². The molecule has 4 aromatic rings. The Morgan fingerprint density at radius 1 is 1.16 bits per heavy atom. The Morgan fingerprint density at radius 2 is 1.97 bits per heavy atom. The molecule has 9 heteroatoms. The summed E-state index contributed by atoms with van der Waals surface area (Å²) >= 11 is 0. The molecular formula is C28H26N4O5. The Morgan fingerprint density at radius 3 is 2.78 bits per heavy atom. The fourth-order valence-electron chi connectivity index (χ4n) is 5.02. The van der Waals surface area contributed by atoms with Crippen LogP contribution in [0.25, 0.3) is 11.0 Å². The standard InChI is InChI=1S/C28H26N4O5/c33-25-21-8-4-5-9-22(21)28(35,32(25)16-18-6-2-1-3-7-18)20-10-11-23-24(14-20)31-26(30-23)37-27(34)29-15-19-12-13-36-17-19/h1-11,14,19,35H,12-13,15-17H2,(H,29,34)(H,30,31). The molecule has 2 amide bonds. The van der Waals surface area contributed by atoms with Crippen LogP contribution in [0.15, 0.2) is 72.8 Å². The first kappa shape index (κ1) is 23.2. The maximum atomic E-state index is 13.4. The molecule has 0 spiro atoms. The molecule has 2 aliphatic heterocycles. The molecule has 6 rings (SSSR count). The van der Waals surface area contributed by atoms with E-state index in [1.165, 1.54) is 4.90 Å². The van der Waals surface area contributed by atoms with Crippen LogP contribution >= 0.6 is 0 Å². The van der Waals surface area contributed by atoms with Gasteiger partial charge in [0.2, 0.25) is 0 Å². The van der Waals surface area contributed by atoms with Gasteiger partial charge in [-0.2, -0.15) is 4.98 Å². The highest BCUT2D eigenvalue weighted by molar-refractivity contribution is 6.00. The van der Waals surface area contributed by atoms with Crippen molar-refractivity contribution in [2.75, 3.05) is 19.8 Å². The first-order valence-electron chi connectivity index (χ1n) is 12.2. The number of hydrogen-bond acceptors (Lipinski definition) is 6. The molecule has 3 aromatic carbocycles. The van der Waals surface area contributed by atoms with E-state index in [1.54, 1.807) is 42.5 Å². The summed E-state index contributed by atoms with van der Waals surface area (Å²) < 4.78 is 10.7. The number of nitrogens with one attached hydrogen (secondary N) is 2. The van der Waals surface area contributed by atoms with Crippen molar-refractivity contribution >= 4 is 23.0 Å². The van der Waals surface area contributed by atoms with Crippen LogP contribution in [0, 0.1) is 5.92 Å². The molecule has 0 saturated carbocycles. The lowest BCUT2D eigenvalue weighted by Crippen LogP contribution is -2.44. The number of carbonyl (C=O) groups excluding carboxylic acids is 2. The van der Waals surface area contributed by atoms with E-state index in [0.29, 0.717) is 47.5 Å². The topological polar surface area (TPSA) is 117 Å². The van der Waals surface area contributed by atoms with E-state index in [1.807, 2.05) is 30.3 Å². The number of aliphatic hydroxyl groups is 1. The number of hydrogen-bond donors (Lipinski definition) is 3. The van der Waals surface area contributed by atoms with Gasteiger partial charge < -0.3 is 24.9 Å². The van der Waals surface area contributed by atoms with Gasteiger partial charge in [0.15, 0.2) is 5.72 Å². The molecule has 2 unspecified atom stereocenters. The maximum Gasteiger partial charge on any atom is 0.415 e. The minimum atomic E-state index is -1.69. The third-order valence-electron chi connectivity index (χ3n) is 6.96. The number of carbonyl (C=O) groups is 2. The molecule has 2 aliphatic rings. The van der Waals surface area contributed by atoms with Gasteiger partial charge in [0, 0.05) is 42.3 Å². The number of rotatable bonds is 6. The number of amides is 2. The van der Waals surface area contributed by atoms with Crippen molar-refractivity contribution in [3.63, 3.8) is 0 Å². The van der Waals surface area contributed by atoms with Gasteiger partial charge in [-0.3, -0.25) is 9.69 Å². The number of benzene rings is 3. The Kier molecular flexibility index (Phi) is 5.86. The molecule has 9 nitrogen and oxygen atoms in total. The van der Waals surface area contributed by atoms with E-state index in [9.17, 15) is 14.7 Å². The number of ether oxygens (including phenoxy) is 2. The summed E-state index contributed by atoms with van der Waals surface area (Å²) in [5.41, 5.74) is 1.80. The van der Waals surface area contributed by atoms with Crippen molar-refractivity contribution in [3.05, 3.63) is 95.1 Å².